The highest BCUT2D eigenvalue weighted by Gasteiger charge is 2.14. The lowest BCUT2D eigenvalue weighted by Crippen LogP contribution is -2.11. The highest BCUT2D eigenvalue weighted by Crippen LogP contribution is 2.16. The van der Waals surface area contributed by atoms with Gasteiger partial charge in [0.1, 0.15) is 0 Å². The van der Waals surface area contributed by atoms with Gasteiger partial charge >= 0.3 is 5.97 Å². The molecular weight excluding hydrogens is 263 g/mol. The van der Waals surface area contributed by atoms with Crippen LogP contribution in [-0.4, -0.2) is 24.7 Å². The van der Waals surface area contributed by atoms with Gasteiger partial charge in [0, 0.05) is 12.3 Å². The van der Waals surface area contributed by atoms with E-state index >= 15 is 0 Å². The van der Waals surface area contributed by atoms with Crippen molar-refractivity contribution in [3.8, 4) is 0 Å². The van der Waals surface area contributed by atoms with Crippen LogP contribution < -0.4 is 0 Å². The maximum Gasteiger partial charge on any atom is 0.338 e. The summed E-state index contributed by atoms with van der Waals surface area (Å²) in [5.74, 6) is -0.393. The van der Waals surface area contributed by atoms with E-state index in [-0.39, 0.29) is 18.1 Å². The lowest BCUT2D eigenvalue weighted by molar-refractivity contribution is -0.116. The van der Waals surface area contributed by atoms with Crippen molar-refractivity contribution in [3.05, 3.63) is 34.9 Å². The first-order valence-electron chi connectivity index (χ1n) is 4.96. The molecule has 0 spiro atoms. The number of carbonyl (C=O) groups is 2. The molecule has 0 heterocycles. The number of carbonyl (C=O) groups excluding carboxylic acids is 2. The minimum absolute atomic E-state index is 0.0716. The maximum absolute atomic E-state index is 11.6. The van der Waals surface area contributed by atoms with Crippen LogP contribution in [0.2, 0.25) is 0 Å². The van der Waals surface area contributed by atoms with E-state index in [0.29, 0.717) is 17.0 Å². The summed E-state index contributed by atoms with van der Waals surface area (Å²) in [4.78, 5) is 22.9. The molecule has 92 valence electrons. The number of hydrogen-bond donors (Lipinski definition) is 0. The van der Waals surface area contributed by atoms with E-state index < -0.39 is 5.97 Å². The highest BCUT2D eigenvalue weighted by molar-refractivity contribution is 6.27. The van der Waals surface area contributed by atoms with Crippen molar-refractivity contribution >= 4 is 35.0 Å². The molecule has 0 aromatic heterocycles. The zero-order valence-corrected chi connectivity index (χ0v) is 10.8. The van der Waals surface area contributed by atoms with Crippen molar-refractivity contribution in [1.82, 2.24) is 0 Å². The second kappa shape index (κ2) is 6.62. The minimum atomic E-state index is -0.477. The fraction of sp³-hybridized carbons (Fsp3) is 0.333. The normalized spacial score (nSPS) is 10.1. The molecule has 5 heteroatoms. The van der Waals surface area contributed by atoms with E-state index in [9.17, 15) is 9.59 Å². The zero-order valence-electron chi connectivity index (χ0n) is 9.33. The minimum Gasteiger partial charge on any atom is -0.465 e. The molecule has 0 fully saturated rings. The first-order chi connectivity index (χ1) is 8.12. The van der Waals surface area contributed by atoms with Crippen LogP contribution in [0.4, 0.5) is 0 Å². The molecule has 0 atom stereocenters. The maximum atomic E-state index is 11.6. The van der Waals surface area contributed by atoms with E-state index in [0.717, 1.165) is 5.56 Å². The Morgan fingerprint density at radius 1 is 1.29 bits per heavy atom. The van der Waals surface area contributed by atoms with Gasteiger partial charge in [-0.15, -0.1) is 23.2 Å². The summed E-state index contributed by atoms with van der Waals surface area (Å²) in [6.07, 6.45) is 0.122. The van der Waals surface area contributed by atoms with Crippen LogP contribution in [0.15, 0.2) is 18.2 Å². The Morgan fingerprint density at radius 2 is 2.00 bits per heavy atom. The Bertz CT molecular complexity index is 430. The number of halogens is 2. The highest BCUT2D eigenvalue weighted by atomic mass is 35.5. The summed E-state index contributed by atoms with van der Waals surface area (Å²) in [5, 5.41) is 0. The van der Waals surface area contributed by atoms with Gasteiger partial charge in [-0.1, -0.05) is 12.1 Å². The molecule has 0 aliphatic carbocycles. The fourth-order valence-electron chi connectivity index (χ4n) is 1.42. The molecule has 0 saturated carbocycles. The SMILES string of the molecule is COC(=O)c1cc(CCl)ccc1CC(=O)CCl. The third-order valence-electron chi connectivity index (χ3n) is 2.27. The molecule has 0 unspecified atom stereocenters. The lowest BCUT2D eigenvalue weighted by Gasteiger charge is -2.08. The first-order valence-corrected chi connectivity index (χ1v) is 6.03. The Hall–Kier alpha value is -1.06. The van der Waals surface area contributed by atoms with Crippen molar-refractivity contribution in [2.75, 3.05) is 13.0 Å². The van der Waals surface area contributed by atoms with Gasteiger partial charge < -0.3 is 4.74 Å². The topological polar surface area (TPSA) is 43.4 Å². The molecule has 0 N–H and O–H groups in total. The monoisotopic (exact) mass is 274 g/mol. The van der Waals surface area contributed by atoms with E-state index in [4.69, 9.17) is 23.2 Å². The number of ether oxygens (including phenoxy) is 1. The number of benzene rings is 1. The van der Waals surface area contributed by atoms with Gasteiger partial charge in [-0.05, 0) is 17.2 Å². The second-order valence-corrected chi connectivity index (χ2v) is 4.00. The quantitative estimate of drug-likeness (QED) is 0.612. The number of ketones is 1. The number of alkyl halides is 2. The molecule has 1 aromatic rings. The Kier molecular flexibility index (Phi) is 5.45. The van der Waals surface area contributed by atoms with Crippen molar-refractivity contribution in [2.45, 2.75) is 12.3 Å². The number of esters is 1. The predicted octanol–water partition coefficient (Wildman–Crippen LogP) is 2.56. The Labute approximate surface area is 110 Å². The molecule has 17 heavy (non-hydrogen) atoms. The van der Waals surface area contributed by atoms with Crippen molar-refractivity contribution in [2.24, 2.45) is 0 Å². The summed E-state index contributed by atoms with van der Waals surface area (Å²) in [6, 6.07) is 5.11. The third kappa shape index (κ3) is 3.72. The van der Waals surface area contributed by atoms with Crippen molar-refractivity contribution in [3.63, 3.8) is 0 Å². The van der Waals surface area contributed by atoms with Crippen LogP contribution >= 0.6 is 23.2 Å². The number of methoxy groups -OCH3 is 1. The number of rotatable bonds is 5. The molecule has 0 amide bonds. The van der Waals surface area contributed by atoms with Crippen LogP contribution in [0.5, 0.6) is 0 Å². The van der Waals surface area contributed by atoms with E-state index in [1.54, 1.807) is 18.2 Å². The van der Waals surface area contributed by atoms with Gasteiger partial charge in [-0.3, -0.25) is 4.79 Å². The van der Waals surface area contributed by atoms with Gasteiger partial charge in [0.15, 0.2) is 5.78 Å². The van der Waals surface area contributed by atoms with E-state index in [1.165, 1.54) is 7.11 Å². The van der Waals surface area contributed by atoms with Crippen molar-refractivity contribution in [1.29, 1.82) is 0 Å². The smallest absolute Gasteiger partial charge is 0.338 e. The van der Waals surface area contributed by atoms with Gasteiger partial charge in [-0.2, -0.15) is 0 Å². The zero-order chi connectivity index (χ0) is 12.8. The average molecular weight is 275 g/mol. The molecule has 0 saturated heterocycles. The molecule has 0 radical (unpaired) electrons. The summed E-state index contributed by atoms with van der Waals surface area (Å²) < 4.78 is 4.67. The van der Waals surface area contributed by atoms with Gasteiger partial charge in [0.2, 0.25) is 0 Å². The molecule has 0 aliphatic heterocycles. The molecule has 0 aliphatic rings. The summed E-state index contributed by atoms with van der Waals surface area (Å²) in [5.41, 5.74) is 1.77. The fourth-order valence-corrected chi connectivity index (χ4v) is 1.68. The van der Waals surface area contributed by atoms with Crippen LogP contribution in [0.25, 0.3) is 0 Å². The molecular formula is C12H12Cl2O3. The van der Waals surface area contributed by atoms with Crippen LogP contribution in [0, 0.1) is 0 Å². The Balaban J connectivity index is 3.10. The molecule has 3 nitrogen and oxygen atoms in total. The van der Waals surface area contributed by atoms with E-state index in [1.807, 2.05) is 0 Å². The summed E-state index contributed by atoms with van der Waals surface area (Å²) in [7, 11) is 1.29. The summed E-state index contributed by atoms with van der Waals surface area (Å²) in [6.45, 7) is 0. The van der Waals surface area contributed by atoms with Gasteiger partial charge in [-0.25, -0.2) is 4.79 Å². The lowest BCUT2D eigenvalue weighted by atomic mass is 10.0. The van der Waals surface area contributed by atoms with Gasteiger partial charge in [0.05, 0.1) is 18.6 Å². The Morgan fingerprint density at radius 3 is 2.53 bits per heavy atom. The number of Topliss-reactive ketones (excluding diaryl/α,β-unsaturated/α-hetero) is 1. The standard InChI is InChI=1S/C12H12Cl2O3/c1-17-12(16)11-4-8(6-13)2-3-9(11)5-10(15)7-14/h2-4H,5-7H2,1H3. The van der Waals surface area contributed by atoms with E-state index in [2.05, 4.69) is 4.74 Å². The largest absolute Gasteiger partial charge is 0.465 e. The molecule has 0 bridgehead atoms. The predicted molar refractivity (Wildman–Crippen MR) is 66.8 cm³/mol. The number of hydrogen-bond acceptors (Lipinski definition) is 3. The molecule has 1 rings (SSSR count). The molecule has 1 aromatic carbocycles. The van der Waals surface area contributed by atoms with Crippen LogP contribution in [0.1, 0.15) is 21.5 Å². The average Bonchev–Trinajstić information content (AvgIpc) is 2.38. The van der Waals surface area contributed by atoms with Gasteiger partial charge in [0.25, 0.3) is 0 Å². The van der Waals surface area contributed by atoms with Crippen LogP contribution in [-0.2, 0) is 21.8 Å². The van der Waals surface area contributed by atoms with Crippen LogP contribution in [0.3, 0.4) is 0 Å². The van der Waals surface area contributed by atoms with Crippen molar-refractivity contribution < 1.29 is 14.3 Å². The third-order valence-corrected chi connectivity index (χ3v) is 2.88. The summed E-state index contributed by atoms with van der Waals surface area (Å²) >= 11 is 11.1. The first kappa shape index (κ1) is 14.0. The second-order valence-electron chi connectivity index (χ2n) is 3.47.